The Bertz CT molecular complexity index is 603. The molecule has 4 nitrogen and oxygen atoms in total. The number of nitrogens with one attached hydrogen (secondary N) is 1. The summed E-state index contributed by atoms with van der Waals surface area (Å²) in [6, 6.07) is 11.3. The zero-order valence-corrected chi connectivity index (χ0v) is 12.8. The number of carbonyl (C=O) groups excluding carboxylic acids is 1. The standard InChI is InChI=1S/C16H18ClN3O/c1-3-11(2)15(12-7-5-4-6-8-12)16(21)20-14-9-13(17)18-10-19-14/h4-11,15H,3H2,1-2H3,(H,18,19,20,21). The number of aromatic nitrogens is 2. The second-order valence-electron chi connectivity index (χ2n) is 4.99. The van der Waals surface area contributed by atoms with Gasteiger partial charge in [-0.3, -0.25) is 4.79 Å². The van der Waals surface area contributed by atoms with Crippen molar-refractivity contribution in [2.75, 3.05) is 5.32 Å². The average Bonchev–Trinajstić information content (AvgIpc) is 2.48. The maximum absolute atomic E-state index is 12.6. The van der Waals surface area contributed by atoms with Gasteiger partial charge in [0.05, 0.1) is 5.92 Å². The van der Waals surface area contributed by atoms with Crippen molar-refractivity contribution in [3.05, 3.63) is 53.4 Å². The van der Waals surface area contributed by atoms with Gasteiger partial charge in [0.1, 0.15) is 17.3 Å². The molecule has 0 saturated heterocycles. The summed E-state index contributed by atoms with van der Waals surface area (Å²) in [6.45, 7) is 4.15. The number of benzene rings is 1. The molecule has 5 heteroatoms. The Morgan fingerprint density at radius 2 is 2.00 bits per heavy atom. The van der Waals surface area contributed by atoms with Crippen LogP contribution in [-0.2, 0) is 4.79 Å². The fourth-order valence-electron chi connectivity index (χ4n) is 2.24. The summed E-state index contributed by atoms with van der Waals surface area (Å²) in [4.78, 5) is 20.4. The highest BCUT2D eigenvalue weighted by Crippen LogP contribution is 2.28. The van der Waals surface area contributed by atoms with Gasteiger partial charge >= 0.3 is 0 Å². The minimum absolute atomic E-state index is 0.0784. The first kappa shape index (κ1) is 15.4. The van der Waals surface area contributed by atoms with E-state index < -0.39 is 0 Å². The van der Waals surface area contributed by atoms with Crippen LogP contribution in [0.3, 0.4) is 0 Å². The normalized spacial score (nSPS) is 13.5. The first-order valence-electron chi connectivity index (χ1n) is 6.95. The van der Waals surface area contributed by atoms with E-state index in [4.69, 9.17) is 11.6 Å². The largest absolute Gasteiger partial charge is 0.310 e. The van der Waals surface area contributed by atoms with E-state index in [1.54, 1.807) is 0 Å². The topological polar surface area (TPSA) is 54.9 Å². The van der Waals surface area contributed by atoms with Gasteiger partial charge in [0.2, 0.25) is 5.91 Å². The van der Waals surface area contributed by atoms with E-state index in [0.29, 0.717) is 11.0 Å². The van der Waals surface area contributed by atoms with E-state index in [-0.39, 0.29) is 17.7 Å². The van der Waals surface area contributed by atoms with Crippen molar-refractivity contribution in [2.24, 2.45) is 5.92 Å². The van der Waals surface area contributed by atoms with Crippen molar-refractivity contribution >= 4 is 23.3 Å². The predicted octanol–water partition coefficient (Wildman–Crippen LogP) is 3.90. The number of carbonyl (C=O) groups is 1. The van der Waals surface area contributed by atoms with Crippen LogP contribution in [0.2, 0.25) is 5.15 Å². The number of hydrogen-bond donors (Lipinski definition) is 1. The second-order valence-corrected chi connectivity index (χ2v) is 5.38. The number of anilines is 1. The zero-order valence-electron chi connectivity index (χ0n) is 12.1. The molecule has 0 aliphatic heterocycles. The number of hydrogen-bond acceptors (Lipinski definition) is 3. The molecule has 110 valence electrons. The fraction of sp³-hybridized carbons (Fsp3) is 0.312. The Labute approximate surface area is 129 Å². The highest BCUT2D eigenvalue weighted by molar-refractivity contribution is 6.29. The number of nitrogens with zero attached hydrogens (tertiary/aromatic N) is 2. The fourth-order valence-corrected chi connectivity index (χ4v) is 2.39. The lowest BCUT2D eigenvalue weighted by atomic mass is 9.85. The molecule has 21 heavy (non-hydrogen) atoms. The monoisotopic (exact) mass is 303 g/mol. The summed E-state index contributed by atoms with van der Waals surface area (Å²) in [5.74, 6) is 0.351. The predicted molar refractivity (Wildman–Crippen MR) is 84.3 cm³/mol. The van der Waals surface area contributed by atoms with Gasteiger partial charge < -0.3 is 5.32 Å². The van der Waals surface area contributed by atoms with Crippen molar-refractivity contribution in [2.45, 2.75) is 26.2 Å². The first-order valence-corrected chi connectivity index (χ1v) is 7.33. The average molecular weight is 304 g/mol. The Morgan fingerprint density at radius 1 is 1.29 bits per heavy atom. The van der Waals surface area contributed by atoms with Gasteiger partial charge in [0.15, 0.2) is 0 Å². The lowest BCUT2D eigenvalue weighted by Crippen LogP contribution is -2.26. The second kappa shape index (κ2) is 7.18. The molecule has 1 aromatic heterocycles. The zero-order chi connectivity index (χ0) is 15.2. The maximum atomic E-state index is 12.6. The highest BCUT2D eigenvalue weighted by Gasteiger charge is 2.26. The van der Waals surface area contributed by atoms with Crippen molar-refractivity contribution in [1.29, 1.82) is 0 Å². The SMILES string of the molecule is CCC(C)C(C(=O)Nc1cc(Cl)ncn1)c1ccccc1. The summed E-state index contributed by atoms with van der Waals surface area (Å²) in [7, 11) is 0. The highest BCUT2D eigenvalue weighted by atomic mass is 35.5. The summed E-state index contributed by atoms with van der Waals surface area (Å²) < 4.78 is 0. The lowest BCUT2D eigenvalue weighted by molar-refractivity contribution is -0.118. The molecule has 0 spiro atoms. The molecule has 1 heterocycles. The third-order valence-corrected chi connectivity index (χ3v) is 3.75. The Hall–Kier alpha value is -1.94. The van der Waals surface area contributed by atoms with E-state index in [9.17, 15) is 4.79 Å². The van der Waals surface area contributed by atoms with Crippen LogP contribution in [0.4, 0.5) is 5.82 Å². The molecule has 1 amide bonds. The molecule has 0 radical (unpaired) electrons. The van der Waals surface area contributed by atoms with E-state index >= 15 is 0 Å². The van der Waals surface area contributed by atoms with Gasteiger partial charge in [-0.2, -0.15) is 0 Å². The van der Waals surface area contributed by atoms with Crippen molar-refractivity contribution in [3.63, 3.8) is 0 Å². The Kier molecular flexibility index (Phi) is 5.28. The van der Waals surface area contributed by atoms with Crippen LogP contribution < -0.4 is 5.32 Å². The summed E-state index contributed by atoms with van der Waals surface area (Å²) in [6.07, 6.45) is 2.25. The number of rotatable bonds is 5. The quantitative estimate of drug-likeness (QED) is 0.852. The van der Waals surface area contributed by atoms with Crippen LogP contribution in [0.1, 0.15) is 31.7 Å². The molecule has 2 rings (SSSR count). The van der Waals surface area contributed by atoms with Gasteiger partial charge in [-0.1, -0.05) is 62.2 Å². The van der Waals surface area contributed by atoms with Crippen LogP contribution in [-0.4, -0.2) is 15.9 Å². The molecule has 1 aromatic carbocycles. The van der Waals surface area contributed by atoms with Gasteiger partial charge in [-0.05, 0) is 11.5 Å². The summed E-state index contributed by atoms with van der Waals surface area (Å²) in [5, 5.41) is 3.13. The lowest BCUT2D eigenvalue weighted by Gasteiger charge is -2.22. The van der Waals surface area contributed by atoms with Crippen LogP contribution in [0.5, 0.6) is 0 Å². The first-order chi connectivity index (χ1) is 10.1. The molecule has 0 bridgehead atoms. The van der Waals surface area contributed by atoms with Gasteiger partial charge in [0.25, 0.3) is 0 Å². The number of halogens is 1. The maximum Gasteiger partial charge on any atom is 0.233 e. The Balaban J connectivity index is 2.23. The minimum Gasteiger partial charge on any atom is -0.310 e. The van der Waals surface area contributed by atoms with E-state index in [0.717, 1.165) is 12.0 Å². The molecular formula is C16H18ClN3O. The minimum atomic E-state index is -0.218. The van der Waals surface area contributed by atoms with E-state index in [1.165, 1.54) is 12.4 Å². The molecule has 0 aliphatic carbocycles. The van der Waals surface area contributed by atoms with Gasteiger partial charge in [-0.25, -0.2) is 9.97 Å². The van der Waals surface area contributed by atoms with Crippen molar-refractivity contribution in [1.82, 2.24) is 9.97 Å². The van der Waals surface area contributed by atoms with Crippen molar-refractivity contribution < 1.29 is 4.79 Å². The molecular weight excluding hydrogens is 286 g/mol. The van der Waals surface area contributed by atoms with E-state index in [1.807, 2.05) is 30.3 Å². The Morgan fingerprint density at radius 3 is 2.62 bits per heavy atom. The molecule has 2 atom stereocenters. The third-order valence-electron chi connectivity index (χ3n) is 3.54. The van der Waals surface area contributed by atoms with Crippen molar-refractivity contribution in [3.8, 4) is 0 Å². The molecule has 1 N–H and O–H groups in total. The summed E-state index contributed by atoms with van der Waals surface area (Å²) in [5.41, 5.74) is 1.00. The molecule has 2 aromatic rings. The van der Waals surface area contributed by atoms with E-state index in [2.05, 4.69) is 29.1 Å². The van der Waals surface area contributed by atoms with Gasteiger partial charge in [0, 0.05) is 6.07 Å². The van der Waals surface area contributed by atoms with Gasteiger partial charge in [-0.15, -0.1) is 0 Å². The number of amides is 1. The van der Waals surface area contributed by atoms with Crippen LogP contribution in [0.15, 0.2) is 42.7 Å². The molecule has 2 unspecified atom stereocenters. The third kappa shape index (κ3) is 4.02. The smallest absolute Gasteiger partial charge is 0.233 e. The summed E-state index contributed by atoms with van der Waals surface area (Å²) >= 11 is 5.81. The molecule has 0 saturated carbocycles. The molecule has 0 aliphatic rings. The van der Waals surface area contributed by atoms with Crippen LogP contribution in [0, 0.1) is 5.92 Å². The van der Waals surface area contributed by atoms with Crippen LogP contribution >= 0.6 is 11.6 Å². The molecule has 0 fully saturated rings. The van der Waals surface area contributed by atoms with Crippen LogP contribution in [0.25, 0.3) is 0 Å².